The lowest BCUT2D eigenvalue weighted by Crippen LogP contribution is -2.58. The number of carbonyl (C=O) groups excluding carboxylic acids is 3. The first-order valence-corrected chi connectivity index (χ1v) is 11.2. The normalized spacial score (nSPS) is 43.0. The number of hydrogen-bond acceptors (Lipinski definition) is 7. The van der Waals surface area contributed by atoms with Crippen LogP contribution in [0.1, 0.15) is 73.6 Å². The van der Waals surface area contributed by atoms with Crippen molar-refractivity contribution < 1.29 is 33.7 Å². The topological polar surface area (TPSA) is 99.1 Å². The number of hydrogen-bond donors (Lipinski definition) is 1. The SMILES string of the molecule is C=C1CC2(O)OC(C3C(C(C)C)CCC(C)(OC(C)=O)C32)C(C)(OC(C)=O)CCC1=O. The van der Waals surface area contributed by atoms with Crippen molar-refractivity contribution in [3.8, 4) is 0 Å². The number of carbonyl (C=O) groups is 3. The summed E-state index contributed by atoms with van der Waals surface area (Å²) >= 11 is 0. The quantitative estimate of drug-likeness (QED) is 0.535. The number of esters is 2. The van der Waals surface area contributed by atoms with Crippen LogP contribution in [0, 0.1) is 23.7 Å². The number of Topliss-reactive ketones (excluding diaryl/α,β-unsaturated/α-hetero) is 1. The van der Waals surface area contributed by atoms with Gasteiger partial charge in [0.15, 0.2) is 11.6 Å². The highest BCUT2D eigenvalue weighted by atomic mass is 16.7. The molecule has 1 saturated carbocycles. The maximum Gasteiger partial charge on any atom is 0.303 e. The van der Waals surface area contributed by atoms with E-state index in [2.05, 4.69) is 20.4 Å². The van der Waals surface area contributed by atoms with E-state index in [1.165, 1.54) is 13.8 Å². The summed E-state index contributed by atoms with van der Waals surface area (Å²) in [6.07, 6.45) is 1.07. The molecular formula is C24H36O7. The number of rotatable bonds is 3. The van der Waals surface area contributed by atoms with Crippen molar-refractivity contribution in [2.45, 2.75) is 96.7 Å². The Morgan fingerprint density at radius 1 is 1.13 bits per heavy atom. The molecule has 2 bridgehead atoms. The van der Waals surface area contributed by atoms with E-state index in [0.717, 1.165) is 6.42 Å². The lowest BCUT2D eigenvalue weighted by molar-refractivity contribution is -0.259. The molecule has 3 rings (SSSR count). The molecule has 7 unspecified atom stereocenters. The van der Waals surface area contributed by atoms with Gasteiger partial charge in [0.05, 0.1) is 5.92 Å². The van der Waals surface area contributed by atoms with Gasteiger partial charge in [-0.2, -0.15) is 0 Å². The van der Waals surface area contributed by atoms with Gasteiger partial charge in [-0.25, -0.2) is 0 Å². The highest BCUT2D eigenvalue weighted by molar-refractivity contribution is 5.95. The van der Waals surface area contributed by atoms with Gasteiger partial charge in [-0.3, -0.25) is 14.4 Å². The Morgan fingerprint density at radius 3 is 2.26 bits per heavy atom. The maximum absolute atomic E-state index is 12.7. The molecule has 2 heterocycles. The molecule has 0 aromatic heterocycles. The number of aliphatic hydroxyl groups is 1. The predicted octanol–water partition coefficient (Wildman–Crippen LogP) is 3.33. The molecule has 0 amide bonds. The molecule has 2 saturated heterocycles. The second-order valence-electron chi connectivity index (χ2n) is 10.4. The zero-order valence-electron chi connectivity index (χ0n) is 19.5. The number of fused-ring (bicyclic) bond motifs is 5. The third-order valence-corrected chi connectivity index (χ3v) is 7.60. The third kappa shape index (κ3) is 4.19. The van der Waals surface area contributed by atoms with Gasteiger partial charge >= 0.3 is 11.9 Å². The van der Waals surface area contributed by atoms with Crippen LogP contribution in [0.15, 0.2) is 12.2 Å². The summed E-state index contributed by atoms with van der Waals surface area (Å²) in [5.41, 5.74) is -1.82. The fraction of sp³-hybridized carbons (Fsp3) is 0.792. The lowest BCUT2D eigenvalue weighted by atomic mass is 9.56. The van der Waals surface area contributed by atoms with E-state index in [4.69, 9.17) is 14.2 Å². The van der Waals surface area contributed by atoms with Gasteiger partial charge in [-0.05, 0) is 50.5 Å². The van der Waals surface area contributed by atoms with Crippen LogP contribution >= 0.6 is 0 Å². The summed E-state index contributed by atoms with van der Waals surface area (Å²) in [6.45, 7) is 14.5. The van der Waals surface area contributed by atoms with Crippen molar-refractivity contribution in [1.82, 2.24) is 0 Å². The zero-order chi connectivity index (χ0) is 23.4. The third-order valence-electron chi connectivity index (χ3n) is 7.60. The van der Waals surface area contributed by atoms with E-state index in [1.54, 1.807) is 6.92 Å². The van der Waals surface area contributed by atoms with Gasteiger partial charge in [0.1, 0.15) is 17.3 Å². The van der Waals surface area contributed by atoms with Crippen LogP contribution in [0.5, 0.6) is 0 Å². The van der Waals surface area contributed by atoms with Gasteiger partial charge in [0.25, 0.3) is 0 Å². The first-order chi connectivity index (χ1) is 14.2. The highest BCUT2D eigenvalue weighted by Crippen LogP contribution is 2.61. The minimum atomic E-state index is -1.76. The lowest BCUT2D eigenvalue weighted by Gasteiger charge is -2.51. The van der Waals surface area contributed by atoms with Gasteiger partial charge in [-0.1, -0.05) is 20.4 Å². The fourth-order valence-electron chi connectivity index (χ4n) is 6.43. The summed E-state index contributed by atoms with van der Waals surface area (Å²) < 4.78 is 18.0. The van der Waals surface area contributed by atoms with Crippen molar-refractivity contribution in [3.63, 3.8) is 0 Å². The Hall–Kier alpha value is -1.73. The Labute approximate surface area is 184 Å². The van der Waals surface area contributed by atoms with Crippen molar-refractivity contribution >= 4 is 17.7 Å². The summed E-state index contributed by atoms with van der Waals surface area (Å²) in [5.74, 6) is -3.23. The first kappa shape index (κ1) is 23.9. The van der Waals surface area contributed by atoms with E-state index >= 15 is 0 Å². The van der Waals surface area contributed by atoms with Crippen molar-refractivity contribution in [2.24, 2.45) is 23.7 Å². The standard InChI is InChI=1S/C24H36O7/c1-13(2)17-8-10-22(6,29-15(4)25)20-19(17)21-23(7,30-16(5)26)11-9-18(27)14(3)12-24(20,28)31-21/h13,17,19-21,28H,3,8-12H2,1-2,4-7H3. The van der Waals surface area contributed by atoms with Crippen LogP contribution in [0.4, 0.5) is 0 Å². The average molecular weight is 437 g/mol. The molecule has 3 fully saturated rings. The van der Waals surface area contributed by atoms with Gasteiger partial charge < -0.3 is 19.3 Å². The van der Waals surface area contributed by atoms with Crippen LogP contribution in [-0.4, -0.2) is 45.9 Å². The molecule has 3 aliphatic rings. The molecule has 174 valence electrons. The minimum Gasteiger partial charge on any atom is -0.459 e. The molecule has 2 aliphatic heterocycles. The fourth-order valence-corrected chi connectivity index (χ4v) is 6.43. The second kappa shape index (κ2) is 8.00. The molecular weight excluding hydrogens is 400 g/mol. The summed E-state index contributed by atoms with van der Waals surface area (Å²) in [6, 6.07) is 0. The number of ketones is 1. The van der Waals surface area contributed by atoms with Crippen molar-refractivity contribution in [3.05, 3.63) is 12.2 Å². The molecule has 0 spiro atoms. The largest absolute Gasteiger partial charge is 0.459 e. The van der Waals surface area contributed by atoms with E-state index in [1.807, 2.05) is 6.92 Å². The number of ether oxygens (including phenoxy) is 3. The van der Waals surface area contributed by atoms with Crippen molar-refractivity contribution in [2.75, 3.05) is 0 Å². The minimum absolute atomic E-state index is 0.0681. The maximum atomic E-state index is 12.7. The van der Waals surface area contributed by atoms with Gasteiger partial charge in [-0.15, -0.1) is 0 Å². The smallest absolute Gasteiger partial charge is 0.303 e. The monoisotopic (exact) mass is 436 g/mol. The summed E-state index contributed by atoms with van der Waals surface area (Å²) in [5, 5.41) is 11.9. The van der Waals surface area contributed by atoms with Crippen LogP contribution < -0.4 is 0 Å². The Kier molecular flexibility index (Phi) is 6.17. The van der Waals surface area contributed by atoms with Crippen LogP contribution in [0.3, 0.4) is 0 Å². The van der Waals surface area contributed by atoms with Crippen molar-refractivity contribution in [1.29, 1.82) is 0 Å². The molecule has 0 aromatic rings. The van der Waals surface area contributed by atoms with Crippen LogP contribution in [0.25, 0.3) is 0 Å². The van der Waals surface area contributed by atoms with Crippen LogP contribution in [0.2, 0.25) is 0 Å². The van der Waals surface area contributed by atoms with E-state index in [-0.39, 0.29) is 48.4 Å². The second-order valence-corrected chi connectivity index (χ2v) is 10.4. The average Bonchev–Trinajstić information content (AvgIpc) is 2.93. The zero-order valence-corrected chi connectivity index (χ0v) is 19.5. The van der Waals surface area contributed by atoms with E-state index in [9.17, 15) is 19.5 Å². The molecule has 7 heteroatoms. The van der Waals surface area contributed by atoms with Crippen LogP contribution in [-0.2, 0) is 28.6 Å². The molecule has 31 heavy (non-hydrogen) atoms. The Morgan fingerprint density at radius 2 is 1.71 bits per heavy atom. The highest BCUT2D eigenvalue weighted by Gasteiger charge is 2.69. The molecule has 0 aromatic carbocycles. The Balaban J connectivity index is 2.21. The molecule has 7 nitrogen and oxygen atoms in total. The summed E-state index contributed by atoms with van der Waals surface area (Å²) in [7, 11) is 0. The molecule has 1 aliphatic carbocycles. The molecule has 0 radical (unpaired) electrons. The van der Waals surface area contributed by atoms with E-state index in [0.29, 0.717) is 6.42 Å². The predicted molar refractivity (Wildman–Crippen MR) is 113 cm³/mol. The molecule has 1 N–H and O–H groups in total. The molecule has 7 atom stereocenters. The van der Waals surface area contributed by atoms with Gasteiger partial charge in [0, 0.05) is 32.6 Å². The Bertz CT molecular complexity index is 789. The summed E-state index contributed by atoms with van der Waals surface area (Å²) in [4.78, 5) is 36.7. The van der Waals surface area contributed by atoms with Gasteiger partial charge in [0.2, 0.25) is 0 Å². The first-order valence-electron chi connectivity index (χ1n) is 11.2. The van der Waals surface area contributed by atoms with E-state index < -0.39 is 40.9 Å².